The largest absolute Gasteiger partial charge is 0.460 e. The van der Waals surface area contributed by atoms with E-state index < -0.39 is 66.4 Å². The van der Waals surface area contributed by atoms with E-state index in [9.17, 15) is 33.6 Å². The summed E-state index contributed by atoms with van der Waals surface area (Å²) in [5.41, 5.74) is 0.745. The molecule has 252 valence electrons. The summed E-state index contributed by atoms with van der Waals surface area (Å²) >= 11 is 1.98. The number of hydrogen-bond acceptors (Lipinski definition) is 11. The van der Waals surface area contributed by atoms with E-state index >= 15 is 0 Å². The summed E-state index contributed by atoms with van der Waals surface area (Å²) in [5.74, 6) is -3.31. The quantitative estimate of drug-likeness (QED) is 0.189. The van der Waals surface area contributed by atoms with Crippen LogP contribution < -0.4 is 16.0 Å². The van der Waals surface area contributed by atoms with Crippen LogP contribution in [0, 0.1) is 5.92 Å². The third-order valence-electron chi connectivity index (χ3n) is 6.74. The van der Waals surface area contributed by atoms with E-state index in [0.717, 1.165) is 29.1 Å². The summed E-state index contributed by atoms with van der Waals surface area (Å²) in [4.78, 5) is 88.9. The molecule has 46 heavy (non-hydrogen) atoms. The van der Waals surface area contributed by atoms with Gasteiger partial charge in [-0.2, -0.15) is 0 Å². The first kappa shape index (κ1) is 38.5. The molecule has 14 heteroatoms. The van der Waals surface area contributed by atoms with Crippen LogP contribution in [-0.2, 0) is 49.5 Å². The molecule has 0 bridgehead atoms. The fraction of sp³-hybridized carbons (Fsp3) is 0.531. The van der Waals surface area contributed by atoms with Gasteiger partial charge >= 0.3 is 11.9 Å². The van der Waals surface area contributed by atoms with Crippen LogP contribution in [0.25, 0.3) is 0 Å². The van der Waals surface area contributed by atoms with E-state index in [1.54, 1.807) is 50.3 Å². The lowest BCUT2D eigenvalue weighted by Crippen LogP contribution is -2.58. The Balaban J connectivity index is 2.52. The smallest absolute Gasteiger partial charge is 0.310 e. The Bertz CT molecular complexity index is 1270. The number of hydrogen-bond donors (Lipinski definition) is 3. The Kier molecular flexibility index (Phi) is 16.6. The van der Waals surface area contributed by atoms with Gasteiger partial charge in [-0.05, 0) is 24.0 Å². The predicted molar refractivity (Wildman–Crippen MR) is 175 cm³/mol. The zero-order chi connectivity index (χ0) is 34.2. The molecule has 12 nitrogen and oxygen atoms in total. The Morgan fingerprint density at radius 2 is 1.57 bits per heavy atom. The van der Waals surface area contributed by atoms with Gasteiger partial charge in [-0.3, -0.25) is 33.6 Å². The summed E-state index contributed by atoms with van der Waals surface area (Å²) in [6.45, 7) is 7.50. The molecule has 0 radical (unpaired) electrons. The maximum Gasteiger partial charge on any atom is 0.310 e. The number of thioether (sulfide) groups is 2. The van der Waals surface area contributed by atoms with Crippen molar-refractivity contribution in [1.29, 1.82) is 0 Å². The minimum Gasteiger partial charge on any atom is -0.460 e. The van der Waals surface area contributed by atoms with Crippen LogP contribution >= 0.6 is 23.5 Å². The van der Waals surface area contributed by atoms with Crippen molar-refractivity contribution < 1.29 is 43.0 Å². The molecule has 5 atom stereocenters. The third kappa shape index (κ3) is 14.6. The third-order valence-corrected chi connectivity index (χ3v) is 8.50. The minimum atomic E-state index is -1.20. The molecule has 1 aromatic carbocycles. The molecular formula is C32H43N3O9S2. The number of rotatable bonds is 10. The lowest BCUT2D eigenvalue weighted by molar-refractivity contribution is -0.158. The number of esters is 2. The molecule has 1 aliphatic heterocycles. The van der Waals surface area contributed by atoms with Gasteiger partial charge in [-0.25, -0.2) is 0 Å². The monoisotopic (exact) mass is 677 g/mol. The van der Waals surface area contributed by atoms with Crippen molar-refractivity contribution in [2.45, 2.75) is 90.6 Å². The second-order valence-electron chi connectivity index (χ2n) is 11.1. The van der Waals surface area contributed by atoms with Crippen LogP contribution in [0.5, 0.6) is 0 Å². The molecule has 1 aliphatic rings. The highest BCUT2D eigenvalue weighted by atomic mass is 32.2. The molecule has 3 N–H and O–H groups in total. The standard InChI is InChI=1S/C32H43N3O9S2/c1-19(2)30-27(43-20(3)36)17-29(40)44-24(13-9-10-14-45-21(4)37)16-28(39)33-25(15-23-11-7-6-8-12-23)31(41)34-26(32(42)35-30)18-46-22(5)38/h6-9,11-13,19,24-27,30H,10,14-18H2,1-5H3,(H,33,39)(H,34,41)(H,35,42)/b13-9+/t24-,25-,26+,27+,30-/m1/s1. The van der Waals surface area contributed by atoms with Crippen LogP contribution in [0.4, 0.5) is 0 Å². The Hall–Kier alpha value is -3.65. The van der Waals surface area contributed by atoms with Crippen molar-refractivity contribution in [2.75, 3.05) is 11.5 Å². The first-order chi connectivity index (χ1) is 21.7. The van der Waals surface area contributed by atoms with Gasteiger partial charge in [0.1, 0.15) is 24.3 Å². The maximum atomic E-state index is 13.7. The molecule has 1 aromatic rings. The second-order valence-corrected chi connectivity index (χ2v) is 13.6. The molecule has 0 aliphatic carbocycles. The van der Waals surface area contributed by atoms with Gasteiger partial charge in [-0.1, -0.05) is 73.8 Å². The summed E-state index contributed by atoms with van der Waals surface area (Å²) in [7, 11) is 0. The molecule has 3 amide bonds. The molecule has 0 spiro atoms. The topological polar surface area (TPSA) is 174 Å². The molecule has 0 saturated carbocycles. The van der Waals surface area contributed by atoms with E-state index in [1.165, 1.54) is 20.8 Å². The van der Waals surface area contributed by atoms with Gasteiger partial charge in [0, 0.05) is 38.7 Å². The molecule has 0 aromatic heterocycles. The van der Waals surface area contributed by atoms with E-state index in [1.807, 2.05) is 6.07 Å². The van der Waals surface area contributed by atoms with Crippen LogP contribution in [-0.4, -0.2) is 81.7 Å². The van der Waals surface area contributed by atoms with Crippen molar-refractivity contribution >= 4 is 63.4 Å². The predicted octanol–water partition coefficient (Wildman–Crippen LogP) is 2.48. The number of allylic oxidation sites excluding steroid dienone is 1. The molecule has 1 saturated heterocycles. The van der Waals surface area contributed by atoms with Crippen molar-refractivity contribution in [3.05, 3.63) is 48.0 Å². The normalized spacial score (nSPS) is 23.4. The van der Waals surface area contributed by atoms with Crippen molar-refractivity contribution in [2.24, 2.45) is 5.92 Å². The highest BCUT2D eigenvalue weighted by Gasteiger charge is 2.36. The van der Waals surface area contributed by atoms with Crippen molar-refractivity contribution in [3.63, 3.8) is 0 Å². The number of benzene rings is 1. The summed E-state index contributed by atoms with van der Waals surface area (Å²) in [6.07, 6.45) is 0.880. The van der Waals surface area contributed by atoms with E-state index in [0.29, 0.717) is 12.2 Å². The van der Waals surface area contributed by atoms with Crippen molar-refractivity contribution in [3.8, 4) is 0 Å². The number of carbonyl (C=O) groups is 7. The van der Waals surface area contributed by atoms with E-state index in [-0.39, 0.29) is 34.7 Å². The number of nitrogens with one attached hydrogen (secondary N) is 3. The number of amides is 3. The Labute approximate surface area is 277 Å². The Morgan fingerprint density at radius 3 is 2.17 bits per heavy atom. The maximum absolute atomic E-state index is 13.7. The molecule has 2 rings (SSSR count). The highest BCUT2D eigenvalue weighted by molar-refractivity contribution is 8.13. The van der Waals surface area contributed by atoms with Gasteiger partial charge in [-0.15, -0.1) is 0 Å². The fourth-order valence-corrected chi connectivity index (χ4v) is 5.79. The first-order valence-electron chi connectivity index (χ1n) is 15.0. The second kappa shape index (κ2) is 19.8. The lowest BCUT2D eigenvalue weighted by Gasteiger charge is -2.31. The summed E-state index contributed by atoms with van der Waals surface area (Å²) in [5, 5.41) is 7.89. The summed E-state index contributed by atoms with van der Waals surface area (Å²) < 4.78 is 11.1. The van der Waals surface area contributed by atoms with Crippen LogP contribution in [0.1, 0.15) is 59.4 Å². The molecule has 1 fully saturated rings. The number of carbonyl (C=O) groups excluding carboxylic acids is 7. The Morgan fingerprint density at radius 1 is 0.913 bits per heavy atom. The number of ether oxygens (including phenoxy) is 2. The van der Waals surface area contributed by atoms with E-state index in [2.05, 4.69) is 16.0 Å². The van der Waals surface area contributed by atoms with Crippen LogP contribution in [0.2, 0.25) is 0 Å². The summed E-state index contributed by atoms with van der Waals surface area (Å²) in [6, 6.07) is 5.80. The molecule has 1 heterocycles. The van der Waals surface area contributed by atoms with Gasteiger partial charge in [0.25, 0.3) is 0 Å². The van der Waals surface area contributed by atoms with Gasteiger partial charge in [0.05, 0.1) is 18.9 Å². The molecule has 0 unspecified atom stereocenters. The zero-order valence-electron chi connectivity index (χ0n) is 26.7. The minimum absolute atomic E-state index is 0.0405. The average Bonchev–Trinajstić information content (AvgIpc) is 2.96. The van der Waals surface area contributed by atoms with Gasteiger partial charge < -0.3 is 25.4 Å². The highest BCUT2D eigenvalue weighted by Crippen LogP contribution is 2.18. The van der Waals surface area contributed by atoms with Crippen LogP contribution in [0.3, 0.4) is 0 Å². The zero-order valence-corrected chi connectivity index (χ0v) is 28.4. The van der Waals surface area contributed by atoms with E-state index in [4.69, 9.17) is 9.47 Å². The SMILES string of the molecule is CC(=O)O[C@H]1CC(=O)O[C@H](/C=C/CCSC(C)=O)CC(=O)N[C@H](Cc2ccccc2)C(=O)N[C@@H](CSC(C)=O)C(=O)N[C@@H]1C(C)C. The molecular weight excluding hydrogens is 634 g/mol. The van der Waals surface area contributed by atoms with Crippen LogP contribution in [0.15, 0.2) is 42.5 Å². The van der Waals surface area contributed by atoms with Crippen molar-refractivity contribution in [1.82, 2.24) is 16.0 Å². The van der Waals surface area contributed by atoms with Gasteiger partial charge in [0.15, 0.2) is 10.2 Å². The fourth-order valence-electron chi connectivity index (χ4n) is 4.61. The van der Waals surface area contributed by atoms with Gasteiger partial charge in [0.2, 0.25) is 17.7 Å². The lowest BCUT2D eigenvalue weighted by atomic mass is 9.95. The average molecular weight is 678 g/mol. The first-order valence-corrected chi connectivity index (χ1v) is 17.0. The number of cyclic esters (lactones) is 1.